The summed E-state index contributed by atoms with van der Waals surface area (Å²) >= 11 is 6.66. The number of benzene rings is 2. The summed E-state index contributed by atoms with van der Waals surface area (Å²) in [7, 11) is -2.56. The molecule has 1 saturated heterocycles. The van der Waals surface area contributed by atoms with Crippen molar-refractivity contribution in [3.8, 4) is 0 Å². The van der Waals surface area contributed by atoms with Crippen LogP contribution in [0.4, 0.5) is 4.79 Å². The van der Waals surface area contributed by atoms with Crippen LogP contribution >= 0.6 is 31.9 Å². The lowest BCUT2D eigenvalue weighted by molar-refractivity contribution is -0.0318. The number of aliphatic hydroxyl groups excluding tert-OH is 1. The van der Waals surface area contributed by atoms with Crippen LogP contribution in [0.15, 0.2) is 60.7 Å². The maximum atomic E-state index is 12.0. The number of halogens is 2. The van der Waals surface area contributed by atoms with Crippen LogP contribution in [0.25, 0.3) is 0 Å². The second-order valence-electron chi connectivity index (χ2n) is 11.6. The number of hydrogen-bond donors (Lipinski definition) is 2. The number of aliphatic hydroxyl groups is 1. The van der Waals surface area contributed by atoms with E-state index in [1.165, 1.54) is 15.3 Å². The molecule has 1 saturated carbocycles. The molecule has 2 fully saturated rings. The first-order valence-corrected chi connectivity index (χ1v) is 17.4. The number of carboxylic acid groups (broad SMARTS) is 1. The van der Waals surface area contributed by atoms with E-state index in [9.17, 15) is 15.0 Å². The Morgan fingerprint density at radius 2 is 1.53 bits per heavy atom. The monoisotopic (exact) mass is 666 g/mol. The van der Waals surface area contributed by atoms with Gasteiger partial charge in [0.1, 0.15) is 4.95 Å². The van der Waals surface area contributed by atoms with Gasteiger partial charge in [0, 0.05) is 30.5 Å². The molecule has 0 aromatic heterocycles. The summed E-state index contributed by atoms with van der Waals surface area (Å²) in [4.78, 5) is 15.3. The van der Waals surface area contributed by atoms with E-state index in [-0.39, 0.29) is 17.2 Å². The lowest BCUT2D eigenvalue weighted by atomic mass is 9.87. The Labute approximate surface area is 244 Å². The zero-order valence-corrected chi connectivity index (χ0v) is 26.6. The lowest BCUT2D eigenvalue weighted by Gasteiger charge is -2.52. The van der Waals surface area contributed by atoms with Crippen molar-refractivity contribution in [1.82, 2.24) is 9.80 Å². The highest BCUT2D eigenvalue weighted by Crippen LogP contribution is 2.39. The normalized spacial score (nSPS) is 22.9. The molecule has 2 unspecified atom stereocenters. The first-order valence-electron chi connectivity index (χ1n) is 13.5. The number of amides is 1. The first-order chi connectivity index (χ1) is 18.1. The van der Waals surface area contributed by atoms with Crippen LogP contribution < -0.4 is 10.4 Å². The molecule has 1 amide bonds. The highest BCUT2D eigenvalue weighted by molar-refractivity contribution is 9.10. The van der Waals surface area contributed by atoms with Crippen molar-refractivity contribution in [2.45, 2.75) is 80.7 Å². The molecule has 9 heteroatoms. The minimum absolute atomic E-state index is 0.0413. The van der Waals surface area contributed by atoms with Crippen molar-refractivity contribution < 1.29 is 19.4 Å². The van der Waals surface area contributed by atoms with Crippen molar-refractivity contribution in [2.24, 2.45) is 0 Å². The predicted octanol–water partition coefficient (Wildman–Crippen LogP) is 5.02. The summed E-state index contributed by atoms with van der Waals surface area (Å²) in [5.41, 5.74) is 0. The summed E-state index contributed by atoms with van der Waals surface area (Å²) in [6.45, 7) is 8.76. The summed E-state index contributed by atoms with van der Waals surface area (Å²) in [5, 5.41) is 22.9. The first kappa shape index (κ1) is 29.7. The van der Waals surface area contributed by atoms with Crippen LogP contribution in [0.5, 0.6) is 0 Å². The van der Waals surface area contributed by atoms with Crippen molar-refractivity contribution in [1.29, 1.82) is 0 Å². The maximum absolute atomic E-state index is 12.0. The van der Waals surface area contributed by atoms with Gasteiger partial charge in [-0.25, -0.2) is 4.79 Å². The van der Waals surface area contributed by atoms with Gasteiger partial charge in [-0.15, -0.1) is 0 Å². The van der Waals surface area contributed by atoms with Crippen LogP contribution in [0.1, 0.15) is 46.5 Å². The fourth-order valence-corrected chi connectivity index (χ4v) is 12.4. The van der Waals surface area contributed by atoms with Gasteiger partial charge in [-0.3, -0.25) is 9.80 Å². The molecular formula is C29H40Br2N2O4Si. The summed E-state index contributed by atoms with van der Waals surface area (Å²) in [5.74, 6) is 0. The maximum Gasteiger partial charge on any atom is 0.408 e. The SMILES string of the molecule is CC(C)(C)[Si](OC1CN(C2CCC(N(C(=O)O)C(Br)C(O)CBr)CC2)C1)(c1ccccc1)c1ccccc1. The average molecular weight is 669 g/mol. The lowest BCUT2D eigenvalue weighted by Crippen LogP contribution is -2.71. The van der Waals surface area contributed by atoms with Gasteiger partial charge >= 0.3 is 6.09 Å². The van der Waals surface area contributed by atoms with E-state index in [2.05, 4.69) is 118 Å². The van der Waals surface area contributed by atoms with Crippen LogP contribution in [0.3, 0.4) is 0 Å². The molecule has 0 spiro atoms. The molecule has 1 aliphatic heterocycles. The molecule has 4 rings (SSSR count). The molecule has 0 radical (unpaired) electrons. The number of nitrogens with zero attached hydrogens (tertiary/aromatic N) is 2. The summed E-state index contributed by atoms with van der Waals surface area (Å²) in [6.07, 6.45) is 1.89. The van der Waals surface area contributed by atoms with Crippen LogP contribution in [0, 0.1) is 0 Å². The number of carbonyl (C=O) groups is 1. The number of hydrogen-bond acceptors (Lipinski definition) is 4. The second-order valence-corrected chi connectivity index (χ2v) is 17.4. The minimum Gasteiger partial charge on any atom is -0.465 e. The van der Waals surface area contributed by atoms with E-state index < -0.39 is 25.5 Å². The van der Waals surface area contributed by atoms with E-state index in [4.69, 9.17) is 4.43 Å². The van der Waals surface area contributed by atoms with Crippen molar-refractivity contribution in [2.75, 3.05) is 18.4 Å². The summed E-state index contributed by atoms with van der Waals surface area (Å²) in [6, 6.07) is 21.9. The minimum atomic E-state index is -2.56. The molecule has 2 N–H and O–H groups in total. The fourth-order valence-electron chi connectivity index (χ4n) is 6.21. The molecule has 0 bridgehead atoms. The fraction of sp³-hybridized carbons (Fsp3) is 0.552. The largest absolute Gasteiger partial charge is 0.465 e. The second kappa shape index (κ2) is 12.5. The van der Waals surface area contributed by atoms with Gasteiger partial charge < -0.3 is 14.6 Å². The highest BCUT2D eigenvalue weighted by Gasteiger charge is 2.53. The van der Waals surface area contributed by atoms with Gasteiger partial charge in [-0.1, -0.05) is 113 Å². The quantitative estimate of drug-likeness (QED) is 0.223. The van der Waals surface area contributed by atoms with Crippen LogP contribution in [-0.2, 0) is 4.43 Å². The van der Waals surface area contributed by atoms with Gasteiger partial charge in [0.2, 0.25) is 0 Å². The molecule has 1 heterocycles. The average Bonchev–Trinajstić information content (AvgIpc) is 2.88. The van der Waals surface area contributed by atoms with E-state index in [1.807, 2.05) is 0 Å². The molecule has 2 atom stereocenters. The Morgan fingerprint density at radius 1 is 1.03 bits per heavy atom. The standard InChI is InChI=1S/C29H40Br2N2O4Si/c1-29(2,3)38(24-10-6-4-7-11-24,25-12-8-5-9-13-25)37-23-19-32(20-23)21-14-16-22(17-15-21)33(28(35)36)27(31)26(34)18-30/h4-13,21-23,26-27,34H,14-20H2,1-3H3,(H,35,36). The van der Waals surface area contributed by atoms with Gasteiger partial charge in [-0.2, -0.15) is 0 Å². The number of likely N-dealkylation sites (tertiary alicyclic amines) is 1. The summed E-state index contributed by atoms with van der Waals surface area (Å²) < 4.78 is 7.27. The van der Waals surface area contributed by atoms with E-state index >= 15 is 0 Å². The molecule has 208 valence electrons. The van der Waals surface area contributed by atoms with Gasteiger partial charge in [0.05, 0.1) is 12.2 Å². The Morgan fingerprint density at radius 3 is 1.95 bits per heavy atom. The Hall–Kier alpha value is -1.23. The van der Waals surface area contributed by atoms with Crippen molar-refractivity contribution >= 4 is 56.6 Å². The Balaban J connectivity index is 1.43. The van der Waals surface area contributed by atoms with Gasteiger partial charge in [-0.05, 0) is 41.1 Å². The zero-order valence-electron chi connectivity index (χ0n) is 22.5. The van der Waals surface area contributed by atoms with Crippen molar-refractivity contribution in [3.05, 3.63) is 60.7 Å². The Bertz CT molecular complexity index is 1000. The van der Waals surface area contributed by atoms with E-state index in [1.54, 1.807) is 0 Å². The van der Waals surface area contributed by atoms with E-state index in [0.29, 0.717) is 11.4 Å². The number of rotatable bonds is 9. The van der Waals surface area contributed by atoms with Gasteiger partial charge in [0.15, 0.2) is 0 Å². The third-order valence-electron chi connectivity index (χ3n) is 8.17. The Kier molecular flexibility index (Phi) is 9.80. The topological polar surface area (TPSA) is 73.2 Å². The third-order valence-corrected chi connectivity index (χ3v) is 15.0. The van der Waals surface area contributed by atoms with Gasteiger partial charge in [0.25, 0.3) is 8.32 Å². The molecule has 6 nitrogen and oxygen atoms in total. The zero-order chi connectivity index (χ0) is 27.5. The molecular weight excluding hydrogens is 628 g/mol. The van der Waals surface area contributed by atoms with Crippen LogP contribution in [0.2, 0.25) is 5.04 Å². The smallest absolute Gasteiger partial charge is 0.408 e. The molecule has 1 aliphatic carbocycles. The molecule has 2 aliphatic rings. The van der Waals surface area contributed by atoms with Crippen LogP contribution in [-0.4, -0.2) is 82.1 Å². The molecule has 2 aromatic rings. The number of alkyl halides is 2. The molecule has 38 heavy (non-hydrogen) atoms. The van der Waals surface area contributed by atoms with Crippen molar-refractivity contribution in [3.63, 3.8) is 0 Å². The third kappa shape index (κ3) is 6.08. The molecule has 2 aromatic carbocycles. The predicted molar refractivity (Wildman–Crippen MR) is 162 cm³/mol. The van der Waals surface area contributed by atoms with E-state index in [0.717, 1.165) is 38.8 Å². The highest BCUT2D eigenvalue weighted by atomic mass is 79.9.